The molecular formula is C18H20FNO2. The molecule has 0 aliphatic carbocycles. The van der Waals surface area contributed by atoms with Gasteiger partial charge in [-0.05, 0) is 43.5 Å². The lowest BCUT2D eigenvalue weighted by molar-refractivity contribution is 0.0949. The highest BCUT2D eigenvalue weighted by atomic mass is 19.1. The predicted octanol–water partition coefficient (Wildman–Crippen LogP) is 3.59. The Morgan fingerprint density at radius 3 is 2.64 bits per heavy atom. The number of carbonyl (C=O) groups is 1. The molecule has 0 heterocycles. The van der Waals surface area contributed by atoms with E-state index in [0.717, 1.165) is 24.2 Å². The number of amides is 1. The number of benzene rings is 2. The summed E-state index contributed by atoms with van der Waals surface area (Å²) in [5, 5.41) is 2.74. The lowest BCUT2D eigenvalue weighted by Crippen LogP contribution is -2.25. The number of para-hydroxylation sites is 1. The van der Waals surface area contributed by atoms with Gasteiger partial charge < -0.3 is 10.1 Å². The number of carbonyl (C=O) groups excluding carboxylic acids is 1. The van der Waals surface area contributed by atoms with Gasteiger partial charge in [0.2, 0.25) is 0 Å². The minimum atomic E-state index is -0.498. The first-order chi connectivity index (χ1) is 10.7. The fraction of sp³-hybridized carbons (Fsp3) is 0.278. The molecule has 0 aliphatic rings. The summed E-state index contributed by atoms with van der Waals surface area (Å²) < 4.78 is 19.0. The number of hydrogen-bond acceptors (Lipinski definition) is 2. The molecule has 0 radical (unpaired) electrons. The quantitative estimate of drug-likeness (QED) is 0.794. The highest BCUT2D eigenvalue weighted by molar-refractivity contribution is 5.94. The Hall–Kier alpha value is -2.36. The standard InChI is InChI=1S/C18H20FNO2/c1-2-22-17-12-6-3-8-14(17)9-7-13-20-18(21)15-10-4-5-11-16(15)19/h3-6,8,10-12H,2,7,9,13H2,1H3,(H,20,21). The molecule has 4 heteroatoms. The van der Waals surface area contributed by atoms with Gasteiger partial charge in [-0.1, -0.05) is 30.3 Å². The Labute approximate surface area is 130 Å². The lowest BCUT2D eigenvalue weighted by atomic mass is 10.1. The fourth-order valence-corrected chi connectivity index (χ4v) is 2.23. The van der Waals surface area contributed by atoms with Gasteiger partial charge in [-0.2, -0.15) is 0 Å². The van der Waals surface area contributed by atoms with Crippen molar-refractivity contribution < 1.29 is 13.9 Å². The first-order valence-electron chi connectivity index (χ1n) is 7.45. The second kappa shape index (κ2) is 8.17. The first-order valence-corrected chi connectivity index (χ1v) is 7.45. The molecular weight excluding hydrogens is 281 g/mol. The number of rotatable bonds is 7. The van der Waals surface area contributed by atoms with Crippen molar-refractivity contribution >= 4 is 5.91 Å². The molecule has 0 atom stereocenters. The maximum absolute atomic E-state index is 13.5. The van der Waals surface area contributed by atoms with Crippen LogP contribution in [-0.2, 0) is 6.42 Å². The summed E-state index contributed by atoms with van der Waals surface area (Å²) in [7, 11) is 0. The SMILES string of the molecule is CCOc1ccccc1CCCNC(=O)c1ccccc1F. The van der Waals surface area contributed by atoms with Crippen molar-refractivity contribution in [3.8, 4) is 5.75 Å². The van der Waals surface area contributed by atoms with Crippen molar-refractivity contribution in [3.05, 3.63) is 65.5 Å². The minimum absolute atomic E-state index is 0.0808. The van der Waals surface area contributed by atoms with Crippen molar-refractivity contribution in [3.63, 3.8) is 0 Å². The van der Waals surface area contributed by atoms with E-state index < -0.39 is 5.82 Å². The Morgan fingerprint density at radius 1 is 1.14 bits per heavy atom. The highest BCUT2D eigenvalue weighted by Gasteiger charge is 2.10. The Morgan fingerprint density at radius 2 is 1.86 bits per heavy atom. The Bertz CT molecular complexity index is 628. The first kappa shape index (κ1) is 16.0. The number of halogens is 1. The van der Waals surface area contributed by atoms with Crippen LogP contribution in [0.25, 0.3) is 0 Å². The average Bonchev–Trinajstić information content (AvgIpc) is 2.53. The number of nitrogens with one attached hydrogen (secondary N) is 1. The van der Waals surface area contributed by atoms with Crippen LogP contribution in [0.5, 0.6) is 5.75 Å². The van der Waals surface area contributed by atoms with Gasteiger partial charge in [-0.15, -0.1) is 0 Å². The van der Waals surface area contributed by atoms with E-state index in [4.69, 9.17) is 4.74 Å². The van der Waals surface area contributed by atoms with Crippen molar-refractivity contribution in [2.75, 3.05) is 13.2 Å². The molecule has 1 amide bonds. The van der Waals surface area contributed by atoms with Gasteiger partial charge in [0.25, 0.3) is 5.91 Å². The van der Waals surface area contributed by atoms with E-state index in [0.29, 0.717) is 13.2 Å². The third-order valence-electron chi connectivity index (χ3n) is 3.30. The van der Waals surface area contributed by atoms with Gasteiger partial charge in [0.05, 0.1) is 12.2 Å². The summed E-state index contributed by atoms with van der Waals surface area (Å²) >= 11 is 0. The molecule has 116 valence electrons. The van der Waals surface area contributed by atoms with Gasteiger partial charge in [-0.25, -0.2) is 4.39 Å². The second-order valence-corrected chi connectivity index (χ2v) is 4.88. The molecule has 3 nitrogen and oxygen atoms in total. The van der Waals surface area contributed by atoms with Gasteiger partial charge in [0, 0.05) is 6.54 Å². The molecule has 0 saturated carbocycles. The molecule has 0 aliphatic heterocycles. The van der Waals surface area contributed by atoms with Gasteiger partial charge in [0.15, 0.2) is 0 Å². The summed E-state index contributed by atoms with van der Waals surface area (Å²) in [5.41, 5.74) is 1.20. The molecule has 22 heavy (non-hydrogen) atoms. The minimum Gasteiger partial charge on any atom is -0.494 e. The summed E-state index contributed by atoms with van der Waals surface area (Å²) in [6.45, 7) is 3.07. The van der Waals surface area contributed by atoms with E-state index in [9.17, 15) is 9.18 Å². The molecule has 0 unspecified atom stereocenters. The molecule has 2 aromatic rings. The van der Waals surface area contributed by atoms with Gasteiger partial charge >= 0.3 is 0 Å². The average molecular weight is 301 g/mol. The third-order valence-corrected chi connectivity index (χ3v) is 3.30. The van der Waals surface area contributed by atoms with Crippen LogP contribution < -0.4 is 10.1 Å². The van der Waals surface area contributed by atoms with E-state index >= 15 is 0 Å². The largest absolute Gasteiger partial charge is 0.494 e. The van der Waals surface area contributed by atoms with Crippen LogP contribution in [0.2, 0.25) is 0 Å². The molecule has 2 rings (SSSR count). The normalized spacial score (nSPS) is 10.3. The van der Waals surface area contributed by atoms with E-state index in [-0.39, 0.29) is 11.5 Å². The number of aryl methyl sites for hydroxylation is 1. The van der Waals surface area contributed by atoms with Crippen LogP contribution in [0.4, 0.5) is 4.39 Å². The van der Waals surface area contributed by atoms with Gasteiger partial charge in [-0.3, -0.25) is 4.79 Å². The zero-order chi connectivity index (χ0) is 15.8. The van der Waals surface area contributed by atoms with Crippen molar-refractivity contribution in [1.82, 2.24) is 5.32 Å². The summed E-state index contributed by atoms with van der Waals surface area (Å²) in [4.78, 5) is 11.9. The van der Waals surface area contributed by atoms with E-state index in [2.05, 4.69) is 5.32 Å². The topological polar surface area (TPSA) is 38.3 Å². The number of ether oxygens (including phenoxy) is 1. The van der Waals surface area contributed by atoms with Crippen molar-refractivity contribution in [1.29, 1.82) is 0 Å². The molecule has 0 saturated heterocycles. The smallest absolute Gasteiger partial charge is 0.254 e. The zero-order valence-electron chi connectivity index (χ0n) is 12.6. The van der Waals surface area contributed by atoms with E-state index in [1.807, 2.05) is 31.2 Å². The van der Waals surface area contributed by atoms with Crippen LogP contribution in [0.3, 0.4) is 0 Å². The Balaban J connectivity index is 1.83. The van der Waals surface area contributed by atoms with Crippen molar-refractivity contribution in [2.24, 2.45) is 0 Å². The molecule has 1 N–H and O–H groups in total. The van der Waals surface area contributed by atoms with Crippen LogP contribution in [0.1, 0.15) is 29.3 Å². The molecule has 0 bridgehead atoms. The summed E-state index contributed by atoms with van der Waals surface area (Å²) in [6, 6.07) is 13.8. The Kier molecular flexibility index (Phi) is 5.95. The maximum Gasteiger partial charge on any atom is 0.254 e. The number of hydrogen-bond donors (Lipinski definition) is 1. The maximum atomic E-state index is 13.5. The highest BCUT2D eigenvalue weighted by Crippen LogP contribution is 2.19. The molecule has 0 spiro atoms. The zero-order valence-corrected chi connectivity index (χ0v) is 12.6. The second-order valence-electron chi connectivity index (χ2n) is 4.88. The fourth-order valence-electron chi connectivity index (χ4n) is 2.23. The van der Waals surface area contributed by atoms with Crippen molar-refractivity contribution in [2.45, 2.75) is 19.8 Å². The molecule has 2 aromatic carbocycles. The molecule has 0 fully saturated rings. The predicted molar refractivity (Wildman–Crippen MR) is 84.7 cm³/mol. The van der Waals surface area contributed by atoms with E-state index in [1.54, 1.807) is 12.1 Å². The van der Waals surface area contributed by atoms with Crippen LogP contribution >= 0.6 is 0 Å². The van der Waals surface area contributed by atoms with Crippen LogP contribution in [0.15, 0.2) is 48.5 Å². The van der Waals surface area contributed by atoms with Crippen LogP contribution in [-0.4, -0.2) is 19.1 Å². The summed E-state index contributed by atoms with van der Waals surface area (Å²) in [5.74, 6) is 0.00307. The summed E-state index contributed by atoms with van der Waals surface area (Å²) in [6.07, 6.45) is 1.57. The van der Waals surface area contributed by atoms with Gasteiger partial charge in [0.1, 0.15) is 11.6 Å². The van der Waals surface area contributed by atoms with E-state index in [1.165, 1.54) is 12.1 Å². The van der Waals surface area contributed by atoms with Crippen LogP contribution in [0, 0.1) is 5.82 Å². The monoisotopic (exact) mass is 301 g/mol. The third kappa shape index (κ3) is 4.32. The lowest BCUT2D eigenvalue weighted by Gasteiger charge is -2.10. The molecule has 0 aromatic heterocycles.